The highest BCUT2D eigenvalue weighted by Crippen LogP contribution is 2.38. The Balaban J connectivity index is 2.14. The summed E-state index contributed by atoms with van der Waals surface area (Å²) in [5.41, 5.74) is 2.43. The van der Waals surface area contributed by atoms with Crippen molar-refractivity contribution in [2.75, 3.05) is 0 Å². The van der Waals surface area contributed by atoms with E-state index in [9.17, 15) is 0 Å². The number of nitrogens with zero attached hydrogens (tertiary/aromatic N) is 4. The highest BCUT2D eigenvalue weighted by molar-refractivity contribution is 7.19. The Kier molecular flexibility index (Phi) is 1.83. The Morgan fingerprint density at radius 1 is 1.41 bits per heavy atom. The van der Waals surface area contributed by atoms with Crippen LogP contribution in [0.25, 0.3) is 15.9 Å². The van der Waals surface area contributed by atoms with E-state index in [0.717, 1.165) is 22.8 Å². The van der Waals surface area contributed by atoms with Gasteiger partial charge in [0.15, 0.2) is 5.65 Å². The maximum Gasteiger partial charge on any atom is 0.167 e. The van der Waals surface area contributed by atoms with Crippen molar-refractivity contribution in [2.24, 2.45) is 5.92 Å². The normalized spacial score (nSPS) is 19.9. The number of hydrogen-bond acceptors (Lipinski definition) is 4. The molecule has 3 aromatic heterocycles. The zero-order chi connectivity index (χ0) is 11.4. The molecule has 0 radical (unpaired) electrons. The second-order valence-corrected chi connectivity index (χ2v) is 5.89. The molecular weight excluding hydrogens is 232 g/mol. The van der Waals surface area contributed by atoms with E-state index < -0.39 is 0 Å². The van der Waals surface area contributed by atoms with Crippen LogP contribution in [-0.2, 0) is 12.8 Å². The van der Waals surface area contributed by atoms with Crippen LogP contribution in [-0.4, -0.2) is 19.6 Å². The summed E-state index contributed by atoms with van der Waals surface area (Å²) >= 11 is 1.83. The zero-order valence-electron chi connectivity index (χ0n) is 9.55. The van der Waals surface area contributed by atoms with E-state index in [2.05, 4.69) is 22.0 Å². The van der Waals surface area contributed by atoms with Gasteiger partial charge in [-0.2, -0.15) is 5.10 Å². The third kappa shape index (κ3) is 1.26. The maximum atomic E-state index is 4.49. The smallest absolute Gasteiger partial charge is 0.167 e. The van der Waals surface area contributed by atoms with Crippen LogP contribution in [0.5, 0.6) is 0 Å². The summed E-state index contributed by atoms with van der Waals surface area (Å²) in [7, 11) is 0. The lowest BCUT2D eigenvalue weighted by molar-refractivity contribution is 0.508. The van der Waals surface area contributed by atoms with E-state index in [4.69, 9.17) is 0 Å². The van der Waals surface area contributed by atoms with E-state index in [1.807, 2.05) is 11.3 Å². The summed E-state index contributed by atoms with van der Waals surface area (Å²) in [4.78, 5) is 11.5. The Morgan fingerprint density at radius 2 is 2.35 bits per heavy atom. The van der Waals surface area contributed by atoms with Gasteiger partial charge in [-0.1, -0.05) is 6.92 Å². The molecule has 1 aliphatic rings. The van der Waals surface area contributed by atoms with Gasteiger partial charge in [-0.3, -0.25) is 0 Å². The van der Waals surface area contributed by atoms with Crippen molar-refractivity contribution in [3.05, 3.63) is 23.1 Å². The molecule has 0 saturated carbocycles. The van der Waals surface area contributed by atoms with E-state index in [-0.39, 0.29) is 0 Å². The molecule has 5 heteroatoms. The summed E-state index contributed by atoms with van der Waals surface area (Å²) in [6, 6.07) is 0. The van der Waals surface area contributed by atoms with Gasteiger partial charge in [0, 0.05) is 4.88 Å². The Hall–Kier alpha value is -1.49. The number of fused-ring (bicyclic) bond motifs is 5. The molecule has 0 aliphatic heterocycles. The molecule has 3 heterocycles. The molecule has 0 aromatic carbocycles. The molecule has 0 N–H and O–H groups in total. The highest BCUT2D eigenvalue weighted by Gasteiger charge is 2.22. The molecule has 1 atom stereocenters. The van der Waals surface area contributed by atoms with Gasteiger partial charge in [-0.05, 0) is 30.7 Å². The van der Waals surface area contributed by atoms with Crippen molar-refractivity contribution in [1.82, 2.24) is 19.6 Å². The number of hydrogen-bond donors (Lipinski definition) is 0. The van der Waals surface area contributed by atoms with Crippen LogP contribution in [0.1, 0.15) is 23.8 Å². The molecule has 3 aromatic rings. The monoisotopic (exact) mass is 244 g/mol. The van der Waals surface area contributed by atoms with Crippen molar-refractivity contribution in [2.45, 2.75) is 26.2 Å². The molecule has 1 aliphatic carbocycles. The van der Waals surface area contributed by atoms with Crippen LogP contribution in [0, 0.1) is 5.92 Å². The Morgan fingerprint density at radius 3 is 3.29 bits per heavy atom. The predicted octanol–water partition coefficient (Wildman–Crippen LogP) is 2.46. The second kappa shape index (κ2) is 3.26. The van der Waals surface area contributed by atoms with Gasteiger partial charge in [-0.15, -0.1) is 11.3 Å². The highest BCUT2D eigenvalue weighted by atomic mass is 32.1. The third-order valence-electron chi connectivity index (χ3n) is 3.57. The van der Waals surface area contributed by atoms with Gasteiger partial charge in [0.05, 0.1) is 5.39 Å². The van der Waals surface area contributed by atoms with Crippen molar-refractivity contribution in [1.29, 1.82) is 0 Å². The molecule has 0 fully saturated rings. The number of aryl methyl sites for hydroxylation is 1. The average Bonchev–Trinajstić information content (AvgIpc) is 2.90. The lowest BCUT2D eigenvalue weighted by Gasteiger charge is -2.17. The quantitative estimate of drug-likeness (QED) is 0.610. The first-order valence-corrected chi connectivity index (χ1v) is 6.73. The molecule has 4 rings (SSSR count). The molecule has 0 saturated heterocycles. The standard InChI is InChI=1S/C12H12N4S/c1-7-2-3-9-8(4-7)10-11-13-5-15-16(11)6-14-12(10)17-9/h5-7H,2-4H2,1H3/t7-/m1/s1. The third-order valence-corrected chi connectivity index (χ3v) is 4.77. The van der Waals surface area contributed by atoms with E-state index in [1.54, 1.807) is 17.2 Å². The molecular formula is C12H12N4S. The van der Waals surface area contributed by atoms with Crippen LogP contribution >= 0.6 is 11.3 Å². The number of thiophene rings is 1. The zero-order valence-corrected chi connectivity index (χ0v) is 10.4. The summed E-state index contributed by atoms with van der Waals surface area (Å²) < 4.78 is 1.77. The Labute approximate surface area is 102 Å². The first-order valence-electron chi connectivity index (χ1n) is 5.91. The van der Waals surface area contributed by atoms with Crippen LogP contribution in [0.4, 0.5) is 0 Å². The second-order valence-electron chi connectivity index (χ2n) is 4.80. The molecule has 86 valence electrons. The fourth-order valence-corrected chi connectivity index (χ4v) is 3.86. The largest absolute Gasteiger partial charge is 0.225 e. The van der Waals surface area contributed by atoms with Crippen molar-refractivity contribution < 1.29 is 0 Å². The van der Waals surface area contributed by atoms with Gasteiger partial charge >= 0.3 is 0 Å². The SMILES string of the molecule is C[C@@H]1CCc2sc3ncn4ncnc4c3c2C1. The molecule has 0 amide bonds. The maximum absolute atomic E-state index is 4.49. The molecule has 0 bridgehead atoms. The lowest BCUT2D eigenvalue weighted by atomic mass is 9.89. The summed E-state index contributed by atoms with van der Waals surface area (Å²) in [5, 5.41) is 5.40. The van der Waals surface area contributed by atoms with Crippen LogP contribution in [0.2, 0.25) is 0 Å². The van der Waals surface area contributed by atoms with Crippen LogP contribution < -0.4 is 0 Å². The number of rotatable bonds is 0. The Bertz CT molecular complexity index is 712. The predicted molar refractivity (Wildman–Crippen MR) is 67.4 cm³/mol. The molecule has 17 heavy (non-hydrogen) atoms. The molecule has 4 nitrogen and oxygen atoms in total. The van der Waals surface area contributed by atoms with Crippen molar-refractivity contribution in [3.63, 3.8) is 0 Å². The summed E-state index contributed by atoms with van der Waals surface area (Å²) in [6.45, 7) is 2.32. The minimum atomic E-state index is 0.767. The fraction of sp³-hybridized carbons (Fsp3) is 0.417. The van der Waals surface area contributed by atoms with E-state index in [0.29, 0.717) is 0 Å². The van der Waals surface area contributed by atoms with Gasteiger partial charge in [0.25, 0.3) is 0 Å². The summed E-state index contributed by atoms with van der Waals surface area (Å²) in [5.74, 6) is 0.767. The van der Waals surface area contributed by atoms with Crippen molar-refractivity contribution >= 4 is 27.2 Å². The minimum Gasteiger partial charge on any atom is -0.225 e. The lowest BCUT2D eigenvalue weighted by Crippen LogP contribution is -2.09. The van der Waals surface area contributed by atoms with Gasteiger partial charge in [0.2, 0.25) is 0 Å². The molecule has 0 unspecified atom stereocenters. The first kappa shape index (κ1) is 9.53. The van der Waals surface area contributed by atoms with Gasteiger partial charge in [0.1, 0.15) is 17.5 Å². The van der Waals surface area contributed by atoms with Crippen LogP contribution in [0.15, 0.2) is 12.7 Å². The minimum absolute atomic E-state index is 0.767. The molecule has 0 spiro atoms. The van der Waals surface area contributed by atoms with Crippen LogP contribution in [0.3, 0.4) is 0 Å². The topological polar surface area (TPSA) is 43.1 Å². The fourth-order valence-electron chi connectivity index (χ4n) is 2.69. The van der Waals surface area contributed by atoms with Gasteiger partial charge in [-0.25, -0.2) is 14.5 Å². The first-order chi connectivity index (χ1) is 8.33. The van der Waals surface area contributed by atoms with Crippen molar-refractivity contribution in [3.8, 4) is 0 Å². The van der Waals surface area contributed by atoms with E-state index in [1.165, 1.54) is 28.7 Å². The van der Waals surface area contributed by atoms with Gasteiger partial charge < -0.3 is 0 Å². The summed E-state index contributed by atoms with van der Waals surface area (Å²) in [6.07, 6.45) is 7.01. The van der Waals surface area contributed by atoms with E-state index >= 15 is 0 Å². The average molecular weight is 244 g/mol. The number of aromatic nitrogens is 4.